The van der Waals surface area contributed by atoms with Crippen molar-refractivity contribution >= 4 is 21.6 Å². The number of nitriles is 1. The van der Waals surface area contributed by atoms with Crippen LogP contribution in [-0.2, 0) is 17.1 Å². The van der Waals surface area contributed by atoms with E-state index in [2.05, 4.69) is 4.98 Å². The summed E-state index contributed by atoms with van der Waals surface area (Å²) in [6.07, 6.45) is 1.34. The van der Waals surface area contributed by atoms with E-state index in [1.165, 1.54) is 15.2 Å². The maximum absolute atomic E-state index is 12.3. The summed E-state index contributed by atoms with van der Waals surface area (Å²) in [6, 6.07) is 2.01. The average Bonchev–Trinajstić information content (AvgIpc) is 2.66. The summed E-state index contributed by atoms with van der Waals surface area (Å²) in [5.41, 5.74) is 0. The zero-order valence-corrected chi connectivity index (χ0v) is 12.0. The predicted molar refractivity (Wildman–Crippen MR) is 67.4 cm³/mol. The standard InChI is InChI=1S/C10H15ClN4O2S/c1-4-15(6-8(2)5-12)18(16,17)10-9(11)14(3)7-13-10/h7-8H,4,6H2,1-3H3/t8-/m1/s1. The van der Waals surface area contributed by atoms with Crippen LogP contribution in [-0.4, -0.2) is 35.4 Å². The number of hydrogen-bond acceptors (Lipinski definition) is 4. The molecule has 0 aliphatic heterocycles. The Morgan fingerprint density at radius 1 is 1.67 bits per heavy atom. The molecule has 0 amide bonds. The van der Waals surface area contributed by atoms with Crippen LogP contribution < -0.4 is 0 Å². The fourth-order valence-corrected chi connectivity index (χ4v) is 3.36. The van der Waals surface area contributed by atoms with E-state index >= 15 is 0 Å². The van der Waals surface area contributed by atoms with E-state index in [4.69, 9.17) is 16.9 Å². The van der Waals surface area contributed by atoms with E-state index in [1.807, 2.05) is 6.07 Å². The summed E-state index contributed by atoms with van der Waals surface area (Å²) >= 11 is 5.89. The lowest BCUT2D eigenvalue weighted by Crippen LogP contribution is -2.34. The van der Waals surface area contributed by atoms with Crippen LogP contribution in [0.2, 0.25) is 5.15 Å². The molecule has 6 nitrogen and oxygen atoms in total. The largest absolute Gasteiger partial charge is 0.324 e. The van der Waals surface area contributed by atoms with Gasteiger partial charge in [0.25, 0.3) is 10.0 Å². The number of sulfonamides is 1. The van der Waals surface area contributed by atoms with Crippen LogP contribution >= 0.6 is 11.6 Å². The Labute approximate surface area is 112 Å². The van der Waals surface area contributed by atoms with Crippen molar-refractivity contribution in [3.05, 3.63) is 11.5 Å². The smallest absolute Gasteiger partial charge is 0.263 e. The van der Waals surface area contributed by atoms with Gasteiger partial charge in [0, 0.05) is 20.1 Å². The lowest BCUT2D eigenvalue weighted by Gasteiger charge is -2.20. The van der Waals surface area contributed by atoms with Gasteiger partial charge in [0.1, 0.15) is 5.15 Å². The quantitative estimate of drug-likeness (QED) is 0.817. The van der Waals surface area contributed by atoms with Gasteiger partial charge in [-0.2, -0.15) is 9.57 Å². The van der Waals surface area contributed by atoms with Gasteiger partial charge in [0.15, 0.2) is 0 Å². The van der Waals surface area contributed by atoms with Gasteiger partial charge in [-0.3, -0.25) is 0 Å². The third kappa shape index (κ3) is 2.83. The van der Waals surface area contributed by atoms with Crippen molar-refractivity contribution in [3.63, 3.8) is 0 Å². The number of rotatable bonds is 5. The summed E-state index contributed by atoms with van der Waals surface area (Å²) in [6.45, 7) is 3.76. The predicted octanol–water partition coefficient (Wildman–Crippen LogP) is 1.24. The zero-order valence-electron chi connectivity index (χ0n) is 10.5. The summed E-state index contributed by atoms with van der Waals surface area (Å²) in [5.74, 6) is -0.387. The van der Waals surface area contributed by atoms with Gasteiger partial charge in [-0.15, -0.1) is 0 Å². The van der Waals surface area contributed by atoms with Gasteiger partial charge in [0.05, 0.1) is 18.3 Å². The Kier molecular flexibility index (Phi) is 4.73. The monoisotopic (exact) mass is 290 g/mol. The second-order valence-electron chi connectivity index (χ2n) is 3.94. The van der Waals surface area contributed by atoms with E-state index in [9.17, 15) is 8.42 Å². The van der Waals surface area contributed by atoms with Crippen molar-refractivity contribution in [1.82, 2.24) is 13.9 Å². The van der Waals surface area contributed by atoms with Gasteiger partial charge in [-0.25, -0.2) is 13.4 Å². The number of aromatic nitrogens is 2. The van der Waals surface area contributed by atoms with Crippen LogP contribution in [0.5, 0.6) is 0 Å². The second kappa shape index (κ2) is 5.69. The first kappa shape index (κ1) is 15.0. The molecule has 0 aliphatic rings. The molecule has 1 heterocycles. The molecular formula is C10H15ClN4O2S. The fraction of sp³-hybridized carbons (Fsp3) is 0.600. The van der Waals surface area contributed by atoms with Crippen LogP contribution in [0.25, 0.3) is 0 Å². The van der Waals surface area contributed by atoms with Gasteiger partial charge < -0.3 is 4.57 Å². The second-order valence-corrected chi connectivity index (χ2v) is 6.15. The van der Waals surface area contributed by atoms with Crippen LogP contribution in [0.1, 0.15) is 13.8 Å². The van der Waals surface area contributed by atoms with Crippen molar-refractivity contribution in [3.8, 4) is 6.07 Å². The lowest BCUT2D eigenvalue weighted by atomic mass is 10.2. The van der Waals surface area contributed by atoms with Crippen LogP contribution in [0.3, 0.4) is 0 Å². The van der Waals surface area contributed by atoms with Crippen molar-refractivity contribution in [1.29, 1.82) is 5.26 Å². The van der Waals surface area contributed by atoms with E-state index in [-0.39, 0.29) is 29.2 Å². The summed E-state index contributed by atoms with van der Waals surface area (Å²) in [7, 11) is -2.13. The molecule has 1 aromatic heterocycles. The van der Waals surface area contributed by atoms with Crippen LogP contribution in [0.15, 0.2) is 11.4 Å². The van der Waals surface area contributed by atoms with Crippen molar-refractivity contribution in [2.45, 2.75) is 18.9 Å². The molecule has 8 heteroatoms. The molecule has 0 fully saturated rings. The van der Waals surface area contributed by atoms with Gasteiger partial charge in [0.2, 0.25) is 5.03 Å². The molecule has 0 spiro atoms. The number of halogens is 1. The molecule has 0 bridgehead atoms. The highest BCUT2D eigenvalue weighted by molar-refractivity contribution is 7.89. The number of aryl methyl sites for hydroxylation is 1. The maximum Gasteiger partial charge on any atom is 0.263 e. The number of nitrogens with zero attached hydrogens (tertiary/aromatic N) is 4. The molecule has 0 N–H and O–H groups in total. The molecule has 0 aliphatic carbocycles. The Morgan fingerprint density at radius 2 is 2.28 bits per heavy atom. The number of hydrogen-bond donors (Lipinski definition) is 0. The van der Waals surface area contributed by atoms with Crippen molar-refractivity contribution < 1.29 is 8.42 Å². The molecule has 1 rings (SSSR count). The van der Waals surface area contributed by atoms with Crippen LogP contribution in [0.4, 0.5) is 0 Å². The number of imidazole rings is 1. The highest BCUT2D eigenvalue weighted by Gasteiger charge is 2.29. The Balaban J connectivity index is 3.12. The molecule has 1 aromatic rings. The average molecular weight is 291 g/mol. The first-order valence-corrected chi connectivity index (χ1v) is 7.23. The molecule has 18 heavy (non-hydrogen) atoms. The molecular weight excluding hydrogens is 276 g/mol. The first-order valence-electron chi connectivity index (χ1n) is 5.41. The Morgan fingerprint density at radius 3 is 2.67 bits per heavy atom. The van der Waals surface area contributed by atoms with Crippen LogP contribution in [0, 0.1) is 17.2 Å². The van der Waals surface area contributed by atoms with E-state index in [0.717, 1.165) is 0 Å². The minimum atomic E-state index is -3.75. The fourth-order valence-electron chi connectivity index (χ4n) is 1.43. The normalized spacial score (nSPS) is 13.6. The van der Waals surface area contributed by atoms with E-state index in [0.29, 0.717) is 0 Å². The molecule has 100 valence electrons. The third-order valence-corrected chi connectivity index (χ3v) is 4.90. The van der Waals surface area contributed by atoms with Gasteiger partial charge in [-0.05, 0) is 6.92 Å². The van der Waals surface area contributed by atoms with E-state index in [1.54, 1.807) is 20.9 Å². The minimum Gasteiger partial charge on any atom is -0.324 e. The lowest BCUT2D eigenvalue weighted by molar-refractivity contribution is 0.398. The van der Waals surface area contributed by atoms with Gasteiger partial charge >= 0.3 is 0 Å². The molecule has 0 saturated heterocycles. The molecule has 0 unspecified atom stereocenters. The Bertz CT molecular complexity index is 561. The maximum atomic E-state index is 12.3. The molecule has 1 atom stereocenters. The third-order valence-electron chi connectivity index (χ3n) is 2.47. The topological polar surface area (TPSA) is 79.0 Å². The summed E-state index contributed by atoms with van der Waals surface area (Å²) in [4.78, 5) is 3.81. The SMILES string of the molecule is CCN(C[C@H](C)C#N)S(=O)(=O)c1ncn(C)c1Cl. The highest BCUT2D eigenvalue weighted by Crippen LogP contribution is 2.22. The molecule has 0 radical (unpaired) electrons. The van der Waals surface area contributed by atoms with E-state index < -0.39 is 10.0 Å². The first-order chi connectivity index (χ1) is 8.34. The molecule has 0 saturated carbocycles. The zero-order chi connectivity index (χ0) is 13.9. The van der Waals surface area contributed by atoms with Crippen molar-refractivity contribution in [2.75, 3.05) is 13.1 Å². The van der Waals surface area contributed by atoms with Crippen molar-refractivity contribution in [2.24, 2.45) is 13.0 Å². The van der Waals surface area contributed by atoms with Gasteiger partial charge in [-0.1, -0.05) is 18.5 Å². The minimum absolute atomic E-state index is 0.0676. The molecule has 0 aromatic carbocycles. The summed E-state index contributed by atoms with van der Waals surface area (Å²) < 4.78 is 27.2. The Hall–Kier alpha value is -1.10. The highest BCUT2D eigenvalue weighted by atomic mass is 35.5. The summed E-state index contributed by atoms with van der Waals surface area (Å²) in [5, 5.41) is 8.66.